The van der Waals surface area contributed by atoms with Crippen LogP contribution in [0.1, 0.15) is 0 Å². The molecule has 9 aromatic carbocycles. The van der Waals surface area contributed by atoms with E-state index in [-0.39, 0.29) is 0 Å². The van der Waals surface area contributed by atoms with Crippen molar-refractivity contribution in [2.45, 2.75) is 0 Å². The standard InChI is InChI=1S/C50H33NS/c1-2-11-34(12-3-1)43-18-9-21-46-44(19-10-20-45(43)46)37-25-29-39(30-26-37)51(40-31-32-48-47-16-6-7-22-49(47)52-50(48)33-40)38-27-23-36(24-28-38)42-17-8-14-35-13-4-5-15-41(35)42/h1-33H. The largest absolute Gasteiger partial charge is 0.310 e. The number of anilines is 3. The maximum Gasteiger partial charge on any atom is 0.0476 e. The topological polar surface area (TPSA) is 3.24 Å². The van der Waals surface area contributed by atoms with E-state index in [2.05, 4.69) is 205 Å². The summed E-state index contributed by atoms with van der Waals surface area (Å²) in [4.78, 5) is 2.39. The molecule has 10 rings (SSSR count). The normalized spacial score (nSPS) is 11.5. The van der Waals surface area contributed by atoms with Gasteiger partial charge in [-0.2, -0.15) is 0 Å². The lowest BCUT2D eigenvalue weighted by atomic mass is 9.93. The van der Waals surface area contributed by atoms with E-state index in [1.54, 1.807) is 0 Å². The Balaban J connectivity index is 1.08. The van der Waals surface area contributed by atoms with Crippen LogP contribution in [0.4, 0.5) is 17.1 Å². The van der Waals surface area contributed by atoms with Crippen LogP contribution in [0.25, 0.3) is 75.1 Å². The summed E-state index contributed by atoms with van der Waals surface area (Å²) in [5.41, 5.74) is 10.8. The number of hydrogen-bond acceptors (Lipinski definition) is 2. The van der Waals surface area contributed by atoms with E-state index in [1.807, 2.05) is 11.3 Å². The van der Waals surface area contributed by atoms with Crippen molar-refractivity contribution in [3.05, 3.63) is 200 Å². The second-order valence-electron chi connectivity index (χ2n) is 13.3. The van der Waals surface area contributed by atoms with Gasteiger partial charge in [0, 0.05) is 37.2 Å². The highest BCUT2D eigenvalue weighted by Crippen LogP contribution is 2.42. The predicted octanol–water partition coefficient (Wildman–Crippen LogP) is 14.8. The van der Waals surface area contributed by atoms with Crippen LogP contribution in [0.3, 0.4) is 0 Å². The Morgan fingerprint density at radius 1 is 0.288 bits per heavy atom. The summed E-state index contributed by atoms with van der Waals surface area (Å²) in [5, 5.41) is 7.66. The minimum atomic E-state index is 1.12. The van der Waals surface area contributed by atoms with Crippen molar-refractivity contribution in [2.24, 2.45) is 0 Å². The van der Waals surface area contributed by atoms with E-state index in [0.29, 0.717) is 0 Å². The quantitative estimate of drug-likeness (QED) is 0.169. The molecule has 0 aliphatic carbocycles. The van der Waals surface area contributed by atoms with Gasteiger partial charge in [-0.3, -0.25) is 0 Å². The van der Waals surface area contributed by atoms with Crippen LogP contribution in [0.15, 0.2) is 200 Å². The number of benzene rings is 9. The fourth-order valence-corrected chi connectivity index (χ4v) is 8.93. The van der Waals surface area contributed by atoms with Gasteiger partial charge >= 0.3 is 0 Å². The number of nitrogens with zero attached hydrogens (tertiary/aromatic N) is 1. The van der Waals surface area contributed by atoms with Crippen LogP contribution in [0.2, 0.25) is 0 Å². The van der Waals surface area contributed by atoms with Gasteiger partial charge in [0.2, 0.25) is 0 Å². The van der Waals surface area contributed by atoms with Crippen molar-refractivity contribution in [1.29, 1.82) is 0 Å². The molecule has 0 aliphatic rings. The first-order valence-corrected chi connectivity index (χ1v) is 18.6. The fourth-order valence-electron chi connectivity index (χ4n) is 7.79. The molecule has 0 amide bonds. The van der Waals surface area contributed by atoms with Crippen molar-refractivity contribution < 1.29 is 0 Å². The summed E-state index contributed by atoms with van der Waals surface area (Å²) < 4.78 is 2.60. The Hall–Kier alpha value is -6.48. The minimum absolute atomic E-state index is 1.12. The van der Waals surface area contributed by atoms with Gasteiger partial charge in [0.05, 0.1) is 0 Å². The van der Waals surface area contributed by atoms with Crippen LogP contribution < -0.4 is 4.90 Å². The van der Waals surface area contributed by atoms with E-state index in [0.717, 1.165) is 17.1 Å². The summed E-state index contributed by atoms with van der Waals surface area (Å²) in [7, 11) is 0. The summed E-state index contributed by atoms with van der Waals surface area (Å²) in [6.07, 6.45) is 0. The molecule has 0 aliphatic heterocycles. The third-order valence-corrected chi connectivity index (χ3v) is 11.4. The monoisotopic (exact) mass is 679 g/mol. The number of hydrogen-bond donors (Lipinski definition) is 0. The molecule has 0 saturated heterocycles. The fraction of sp³-hybridized carbons (Fsp3) is 0. The highest BCUT2D eigenvalue weighted by molar-refractivity contribution is 7.25. The minimum Gasteiger partial charge on any atom is -0.310 e. The molecule has 0 saturated carbocycles. The zero-order valence-corrected chi connectivity index (χ0v) is 29.2. The average Bonchev–Trinajstić information content (AvgIpc) is 3.59. The van der Waals surface area contributed by atoms with Gasteiger partial charge < -0.3 is 4.90 Å². The lowest BCUT2D eigenvalue weighted by molar-refractivity contribution is 1.29. The highest BCUT2D eigenvalue weighted by atomic mass is 32.1. The van der Waals surface area contributed by atoms with Crippen molar-refractivity contribution in [1.82, 2.24) is 0 Å². The van der Waals surface area contributed by atoms with E-state index in [1.165, 1.54) is 75.1 Å². The molecule has 0 unspecified atom stereocenters. The molecular weight excluding hydrogens is 647 g/mol. The molecule has 0 fully saturated rings. The van der Waals surface area contributed by atoms with E-state index in [4.69, 9.17) is 0 Å². The molecule has 0 N–H and O–H groups in total. The molecule has 2 heteroatoms. The highest BCUT2D eigenvalue weighted by Gasteiger charge is 2.16. The lowest BCUT2D eigenvalue weighted by Gasteiger charge is -2.26. The van der Waals surface area contributed by atoms with Gasteiger partial charge in [-0.1, -0.05) is 158 Å². The van der Waals surface area contributed by atoms with Crippen molar-refractivity contribution in [3.63, 3.8) is 0 Å². The zero-order valence-electron chi connectivity index (χ0n) is 28.4. The average molecular weight is 680 g/mol. The first kappa shape index (κ1) is 30.4. The van der Waals surface area contributed by atoms with Crippen LogP contribution in [-0.2, 0) is 0 Å². The number of fused-ring (bicyclic) bond motifs is 5. The van der Waals surface area contributed by atoms with Gasteiger partial charge in [0.25, 0.3) is 0 Å². The van der Waals surface area contributed by atoms with Crippen LogP contribution >= 0.6 is 11.3 Å². The molecule has 244 valence electrons. The van der Waals surface area contributed by atoms with Gasteiger partial charge in [-0.25, -0.2) is 0 Å². The van der Waals surface area contributed by atoms with E-state index < -0.39 is 0 Å². The van der Waals surface area contributed by atoms with E-state index in [9.17, 15) is 0 Å². The first-order valence-electron chi connectivity index (χ1n) is 17.8. The lowest BCUT2D eigenvalue weighted by Crippen LogP contribution is -2.09. The Kier molecular flexibility index (Phi) is 7.41. The Morgan fingerprint density at radius 2 is 0.750 bits per heavy atom. The van der Waals surface area contributed by atoms with Crippen molar-refractivity contribution in [2.75, 3.05) is 4.90 Å². The summed E-state index contributed by atoms with van der Waals surface area (Å²) >= 11 is 1.86. The molecule has 1 nitrogen and oxygen atoms in total. The maximum absolute atomic E-state index is 2.39. The van der Waals surface area contributed by atoms with Crippen LogP contribution in [0, 0.1) is 0 Å². The van der Waals surface area contributed by atoms with E-state index >= 15 is 0 Å². The number of thiophene rings is 1. The third kappa shape index (κ3) is 5.24. The number of rotatable bonds is 6. The second kappa shape index (κ2) is 12.7. The van der Waals surface area contributed by atoms with Gasteiger partial charge in [-0.05, 0) is 97.4 Å². The first-order chi connectivity index (χ1) is 25.8. The molecule has 0 spiro atoms. The SMILES string of the molecule is c1ccc(-c2cccc3c(-c4ccc(N(c5ccc(-c6cccc7ccccc67)cc5)c5ccc6c(c5)sc5ccccc56)cc4)cccc23)cc1. The van der Waals surface area contributed by atoms with Crippen molar-refractivity contribution >= 4 is 70.1 Å². The van der Waals surface area contributed by atoms with Gasteiger partial charge in [-0.15, -0.1) is 11.3 Å². The smallest absolute Gasteiger partial charge is 0.0476 e. The Morgan fingerprint density at radius 3 is 1.42 bits per heavy atom. The Bertz CT molecular complexity index is 2880. The molecule has 52 heavy (non-hydrogen) atoms. The molecule has 1 heterocycles. The molecule has 0 radical (unpaired) electrons. The molecule has 0 bridgehead atoms. The summed E-state index contributed by atoms with van der Waals surface area (Å²) in [6.45, 7) is 0. The summed E-state index contributed by atoms with van der Waals surface area (Å²) in [5.74, 6) is 0. The molecule has 1 aromatic heterocycles. The predicted molar refractivity (Wildman–Crippen MR) is 225 cm³/mol. The zero-order chi connectivity index (χ0) is 34.4. The summed E-state index contributed by atoms with van der Waals surface area (Å²) in [6, 6.07) is 72.9. The van der Waals surface area contributed by atoms with Gasteiger partial charge in [0.15, 0.2) is 0 Å². The second-order valence-corrected chi connectivity index (χ2v) is 14.4. The molecule has 10 aromatic rings. The third-order valence-electron chi connectivity index (χ3n) is 10.3. The molecular formula is C50H33NS. The Labute approximate surface area is 307 Å². The van der Waals surface area contributed by atoms with Crippen LogP contribution in [0.5, 0.6) is 0 Å². The van der Waals surface area contributed by atoms with Crippen molar-refractivity contribution in [3.8, 4) is 33.4 Å². The molecule has 0 atom stereocenters. The van der Waals surface area contributed by atoms with Crippen LogP contribution in [-0.4, -0.2) is 0 Å². The maximum atomic E-state index is 2.39. The van der Waals surface area contributed by atoms with Gasteiger partial charge in [0.1, 0.15) is 0 Å².